The molecule has 5 rings (SSSR count). The number of nitrogens with zero attached hydrogens (tertiary/aromatic N) is 5. The third-order valence-electron chi connectivity index (χ3n) is 4.96. The number of fused-ring (bicyclic) bond motifs is 1. The molecule has 0 unspecified atom stereocenters. The van der Waals surface area contributed by atoms with Crippen LogP contribution in [-0.2, 0) is 6.18 Å². The Hall–Kier alpha value is -3.18. The maximum absolute atomic E-state index is 13.8. The van der Waals surface area contributed by atoms with Crippen molar-refractivity contribution < 1.29 is 18.0 Å². The fourth-order valence-corrected chi connectivity index (χ4v) is 4.35. The monoisotopic (exact) mass is 464 g/mol. The van der Waals surface area contributed by atoms with E-state index in [-0.39, 0.29) is 16.4 Å². The lowest BCUT2D eigenvalue weighted by Gasteiger charge is -2.14. The molecule has 4 aromatic rings. The Bertz CT molecular complexity index is 1310. The average Bonchev–Trinajstić information content (AvgIpc) is 3.53. The molecule has 4 aromatic heterocycles. The van der Waals surface area contributed by atoms with Gasteiger partial charge in [-0.2, -0.15) is 18.3 Å². The van der Waals surface area contributed by atoms with Crippen LogP contribution in [-0.4, -0.2) is 48.5 Å². The standard InChI is InChI=1S/C19H12ClF3N6OS/c20-16-15(18(30)28-2-1-10(7-28)14-6-24-9-31-14)27-17-13(19(21,22)23)3-11(8-29(16)17)12-4-25-26-5-12/h1,3-6,8-9H,2,7H2,(H,25,26). The van der Waals surface area contributed by atoms with Gasteiger partial charge in [0.25, 0.3) is 5.91 Å². The Labute approximate surface area is 181 Å². The van der Waals surface area contributed by atoms with E-state index >= 15 is 0 Å². The quantitative estimate of drug-likeness (QED) is 0.487. The van der Waals surface area contributed by atoms with E-state index in [4.69, 9.17) is 11.6 Å². The van der Waals surface area contributed by atoms with Gasteiger partial charge >= 0.3 is 6.18 Å². The first-order valence-electron chi connectivity index (χ1n) is 8.98. The second-order valence-corrected chi connectivity index (χ2v) is 8.10. The van der Waals surface area contributed by atoms with Crippen LogP contribution in [0.5, 0.6) is 0 Å². The van der Waals surface area contributed by atoms with Crippen LogP contribution in [0.3, 0.4) is 0 Å². The van der Waals surface area contributed by atoms with E-state index in [0.29, 0.717) is 18.7 Å². The van der Waals surface area contributed by atoms with Gasteiger partial charge in [0.05, 0.1) is 22.1 Å². The summed E-state index contributed by atoms with van der Waals surface area (Å²) >= 11 is 7.80. The first-order chi connectivity index (χ1) is 14.8. The normalized spacial score (nSPS) is 14.5. The van der Waals surface area contributed by atoms with E-state index in [1.165, 1.54) is 34.8 Å². The summed E-state index contributed by atoms with van der Waals surface area (Å²) in [5.74, 6) is -0.539. The number of hydrogen-bond acceptors (Lipinski definition) is 5. The molecule has 0 aromatic carbocycles. The number of imidazole rings is 1. The van der Waals surface area contributed by atoms with E-state index < -0.39 is 23.3 Å². The highest BCUT2D eigenvalue weighted by atomic mass is 35.5. The van der Waals surface area contributed by atoms with E-state index in [9.17, 15) is 18.0 Å². The summed E-state index contributed by atoms with van der Waals surface area (Å²) in [7, 11) is 0. The van der Waals surface area contributed by atoms with Gasteiger partial charge in [-0.3, -0.25) is 19.3 Å². The van der Waals surface area contributed by atoms with Gasteiger partial charge in [0, 0.05) is 42.8 Å². The lowest BCUT2D eigenvalue weighted by Crippen LogP contribution is -2.29. The third kappa shape index (κ3) is 3.39. The summed E-state index contributed by atoms with van der Waals surface area (Å²) in [4.78, 5) is 23.5. The number of carbonyl (C=O) groups excluding carboxylic acids is 1. The number of pyridine rings is 1. The number of aromatic nitrogens is 5. The average molecular weight is 465 g/mol. The van der Waals surface area contributed by atoms with Crippen LogP contribution < -0.4 is 0 Å². The number of alkyl halides is 3. The van der Waals surface area contributed by atoms with E-state index in [1.54, 1.807) is 11.7 Å². The maximum atomic E-state index is 13.8. The van der Waals surface area contributed by atoms with Gasteiger partial charge in [0.1, 0.15) is 5.15 Å². The van der Waals surface area contributed by atoms with Crippen molar-refractivity contribution >= 4 is 40.1 Å². The number of aromatic amines is 1. The number of amides is 1. The molecule has 0 aliphatic carbocycles. The molecule has 7 nitrogen and oxygen atoms in total. The van der Waals surface area contributed by atoms with Crippen molar-refractivity contribution in [3.63, 3.8) is 0 Å². The lowest BCUT2D eigenvalue weighted by atomic mass is 10.1. The summed E-state index contributed by atoms with van der Waals surface area (Å²) in [6.45, 7) is 0.611. The number of carbonyl (C=O) groups is 1. The van der Waals surface area contributed by atoms with E-state index in [0.717, 1.165) is 20.9 Å². The molecule has 31 heavy (non-hydrogen) atoms. The fraction of sp³-hybridized carbons (Fsp3) is 0.158. The van der Waals surface area contributed by atoms with Crippen molar-refractivity contribution in [1.82, 2.24) is 29.5 Å². The zero-order chi connectivity index (χ0) is 21.8. The molecule has 0 spiro atoms. The van der Waals surface area contributed by atoms with Gasteiger partial charge in [-0.15, -0.1) is 11.3 Å². The minimum Gasteiger partial charge on any atom is -0.329 e. The van der Waals surface area contributed by atoms with Crippen LogP contribution in [0.25, 0.3) is 22.3 Å². The molecule has 12 heteroatoms. The largest absolute Gasteiger partial charge is 0.420 e. The maximum Gasteiger partial charge on any atom is 0.420 e. The van der Waals surface area contributed by atoms with E-state index in [2.05, 4.69) is 20.2 Å². The predicted molar refractivity (Wildman–Crippen MR) is 109 cm³/mol. The first-order valence-corrected chi connectivity index (χ1v) is 10.2. The van der Waals surface area contributed by atoms with Crippen LogP contribution in [0, 0.1) is 0 Å². The molecule has 1 amide bonds. The molecule has 5 heterocycles. The fourth-order valence-electron chi connectivity index (χ4n) is 3.44. The lowest BCUT2D eigenvalue weighted by molar-refractivity contribution is -0.136. The Morgan fingerprint density at radius 3 is 2.77 bits per heavy atom. The number of nitrogens with one attached hydrogen (secondary N) is 1. The van der Waals surface area contributed by atoms with Crippen LogP contribution >= 0.6 is 22.9 Å². The summed E-state index contributed by atoms with van der Waals surface area (Å²) in [5, 5.41) is 6.16. The molecule has 0 saturated heterocycles. The Morgan fingerprint density at radius 2 is 2.10 bits per heavy atom. The van der Waals surface area contributed by atoms with Gasteiger partial charge in [0.15, 0.2) is 11.3 Å². The number of thiazole rings is 1. The second kappa shape index (κ2) is 7.20. The molecule has 0 bridgehead atoms. The third-order valence-corrected chi connectivity index (χ3v) is 6.17. The first kappa shape index (κ1) is 19.8. The minimum atomic E-state index is -4.69. The zero-order valence-electron chi connectivity index (χ0n) is 15.5. The molecule has 0 radical (unpaired) electrons. The molecule has 0 atom stereocenters. The van der Waals surface area contributed by atoms with E-state index in [1.807, 2.05) is 6.08 Å². The van der Waals surface area contributed by atoms with Gasteiger partial charge in [-0.05, 0) is 11.6 Å². The number of H-pyrrole nitrogens is 1. The highest BCUT2D eigenvalue weighted by Crippen LogP contribution is 2.37. The summed E-state index contributed by atoms with van der Waals surface area (Å²) in [5.41, 5.74) is 1.66. The van der Waals surface area contributed by atoms with Crippen LogP contribution in [0.15, 0.2) is 42.4 Å². The molecule has 1 aliphatic heterocycles. The van der Waals surface area contributed by atoms with Crippen molar-refractivity contribution in [1.29, 1.82) is 0 Å². The van der Waals surface area contributed by atoms with Crippen LogP contribution in [0.4, 0.5) is 13.2 Å². The van der Waals surface area contributed by atoms with Gasteiger partial charge in [-0.1, -0.05) is 17.7 Å². The molecule has 1 N–H and O–H groups in total. The van der Waals surface area contributed by atoms with Crippen molar-refractivity contribution in [2.75, 3.05) is 13.1 Å². The number of rotatable bonds is 3. The summed E-state index contributed by atoms with van der Waals surface area (Å²) in [6, 6.07) is 0.969. The molecular weight excluding hydrogens is 453 g/mol. The zero-order valence-corrected chi connectivity index (χ0v) is 17.1. The molecule has 158 valence electrons. The Balaban J connectivity index is 1.56. The SMILES string of the molecule is O=C(c1nc2c(C(F)(F)F)cc(-c3cn[nH]c3)cn2c1Cl)N1CC=C(c2cncs2)C1. The molecule has 1 aliphatic rings. The summed E-state index contributed by atoms with van der Waals surface area (Å²) < 4.78 is 42.4. The smallest absolute Gasteiger partial charge is 0.329 e. The van der Waals surface area contributed by atoms with Gasteiger partial charge in [-0.25, -0.2) is 4.98 Å². The molecular formula is C19H12ClF3N6OS. The van der Waals surface area contributed by atoms with Gasteiger partial charge < -0.3 is 4.90 Å². The van der Waals surface area contributed by atoms with Crippen LogP contribution in [0.2, 0.25) is 5.15 Å². The molecule has 0 fully saturated rings. The summed E-state index contributed by atoms with van der Waals surface area (Å²) in [6.07, 6.45) is 3.17. The van der Waals surface area contributed by atoms with Gasteiger partial charge in [0.2, 0.25) is 0 Å². The predicted octanol–water partition coefficient (Wildman–Crippen LogP) is 4.39. The highest BCUT2D eigenvalue weighted by Gasteiger charge is 2.37. The molecule has 0 saturated carbocycles. The number of halogens is 4. The Kier molecular flexibility index (Phi) is 4.59. The number of hydrogen-bond donors (Lipinski definition) is 1. The van der Waals surface area contributed by atoms with Crippen molar-refractivity contribution in [3.8, 4) is 11.1 Å². The van der Waals surface area contributed by atoms with Crippen molar-refractivity contribution in [3.05, 3.63) is 63.7 Å². The van der Waals surface area contributed by atoms with Crippen molar-refractivity contribution in [2.45, 2.75) is 6.18 Å². The highest BCUT2D eigenvalue weighted by molar-refractivity contribution is 7.10. The van der Waals surface area contributed by atoms with Crippen molar-refractivity contribution in [2.24, 2.45) is 0 Å². The second-order valence-electron chi connectivity index (χ2n) is 6.85. The topological polar surface area (TPSA) is 79.2 Å². The Morgan fingerprint density at radius 1 is 1.26 bits per heavy atom. The minimum absolute atomic E-state index is 0.179. The van der Waals surface area contributed by atoms with Crippen LogP contribution in [0.1, 0.15) is 20.9 Å².